The SMILES string of the molecule is CC/C=C\C/C=C\C/C=C\C/C=C\C/C=C\C/C=C\CCCCCCCCCCCCCCCCC(=O)OC(COC(=O)CCCCCCCCCCC)COC(OCC[N+](C)(C)C)C(=O)[O-]. The average molecular weight is 940 g/mol. The van der Waals surface area contributed by atoms with Gasteiger partial charge in [-0.15, -0.1) is 0 Å². The Labute approximate surface area is 411 Å². The first-order valence-corrected chi connectivity index (χ1v) is 27.1. The molecule has 0 aromatic carbocycles. The molecule has 0 aromatic heterocycles. The third-order valence-corrected chi connectivity index (χ3v) is 11.5. The summed E-state index contributed by atoms with van der Waals surface area (Å²) in [7, 11) is 5.91. The highest BCUT2D eigenvalue weighted by Gasteiger charge is 2.22. The van der Waals surface area contributed by atoms with Gasteiger partial charge in [-0.3, -0.25) is 9.59 Å². The molecule has 0 aromatic rings. The number of nitrogens with zero attached hydrogens (tertiary/aromatic N) is 1. The number of hydrogen-bond acceptors (Lipinski definition) is 8. The summed E-state index contributed by atoms with van der Waals surface area (Å²) in [6, 6.07) is 0. The zero-order valence-corrected chi connectivity index (χ0v) is 43.8. The molecule has 0 radical (unpaired) electrons. The molecular formula is C58H101NO8. The van der Waals surface area contributed by atoms with Crippen molar-refractivity contribution in [1.82, 2.24) is 0 Å². The van der Waals surface area contributed by atoms with Crippen molar-refractivity contribution in [2.24, 2.45) is 0 Å². The summed E-state index contributed by atoms with van der Waals surface area (Å²) in [4.78, 5) is 37.0. The number of likely N-dealkylation sites (N-methyl/N-ethyl adjacent to an activating group) is 1. The minimum absolute atomic E-state index is 0.147. The molecule has 0 fully saturated rings. The molecule has 0 aliphatic carbocycles. The first-order chi connectivity index (χ1) is 32.6. The van der Waals surface area contributed by atoms with E-state index in [1.807, 2.05) is 21.1 Å². The molecule has 0 saturated carbocycles. The van der Waals surface area contributed by atoms with Crippen LogP contribution in [0.5, 0.6) is 0 Å². The summed E-state index contributed by atoms with van der Waals surface area (Å²) in [6.45, 7) is 4.60. The first kappa shape index (κ1) is 63.7. The predicted octanol–water partition coefficient (Wildman–Crippen LogP) is 14.1. The molecule has 0 aliphatic heterocycles. The lowest BCUT2D eigenvalue weighted by atomic mass is 10.0. The fourth-order valence-electron chi connectivity index (χ4n) is 7.30. The Bertz CT molecular complexity index is 1330. The van der Waals surface area contributed by atoms with Crippen molar-refractivity contribution in [2.75, 3.05) is 47.5 Å². The van der Waals surface area contributed by atoms with Crippen molar-refractivity contribution in [3.8, 4) is 0 Å². The van der Waals surface area contributed by atoms with Crippen LogP contribution in [-0.2, 0) is 33.3 Å². The molecule has 0 aliphatic rings. The van der Waals surface area contributed by atoms with Crippen LogP contribution < -0.4 is 5.11 Å². The normalized spacial score (nSPS) is 13.4. The third kappa shape index (κ3) is 50.4. The lowest BCUT2D eigenvalue weighted by molar-refractivity contribution is -0.870. The Morgan fingerprint density at radius 1 is 0.463 bits per heavy atom. The van der Waals surface area contributed by atoms with Gasteiger partial charge in [0.2, 0.25) is 0 Å². The zero-order chi connectivity index (χ0) is 49.2. The van der Waals surface area contributed by atoms with Gasteiger partial charge in [0.1, 0.15) is 13.2 Å². The van der Waals surface area contributed by atoms with E-state index in [9.17, 15) is 19.5 Å². The van der Waals surface area contributed by atoms with Crippen LogP contribution in [0, 0.1) is 0 Å². The van der Waals surface area contributed by atoms with Crippen molar-refractivity contribution >= 4 is 17.9 Å². The molecule has 2 unspecified atom stereocenters. The van der Waals surface area contributed by atoms with Gasteiger partial charge in [0, 0.05) is 12.8 Å². The summed E-state index contributed by atoms with van der Waals surface area (Å²) in [6.07, 6.45) is 59.7. The van der Waals surface area contributed by atoms with E-state index >= 15 is 0 Å². The number of aliphatic carboxylic acids is 1. The highest BCUT2D eigenvalue weighted by molar-refractivity contribution is 5.70. The number of quaternary nitrogens is 1. The van der Waals surface area contributed by atoms with E-state index in [1.165, 1.54) is 109 Å². The van der Waals surface area contributed by atoms with E-state index in [1.54, 1.807) is 0 Å². The summed E-state index contributed by atoms with van der Waals surface area (Å²) >= 11 is 0. The van der Waals surface area contributed by atoms with Crippen molar-refractivity contribution in [3.63, 3.8) is 0 Å². The van der Waals surface area contributed by atoms with Gasteiger partial charge >= 0.3 is 11.9 Å². The molecule has 0 spiro atoms. The van der Waals surface area contributed by atoms with Gasteiger partial charge in [-0.05, 0) is 64.2 Å². The van der Waals surface area contributed by atoms with Crippen LogP contribution in [-0.4, -0.2) is 82.3 Å². The fourth-order valence-corrected chi connectivity index (χ4v) is 7.30. The minimum atomic E-state index is -1.62. The Morgan fingerprint density at radius 2 is 0.851 bits per heavy atom. The summed E-state index contributed by atoms with van der Waals surface area (Å²) < 4.78 is 22.6. The van der Waals surface area contributed by atoms with Gasteiger partial charge in [-0.1, -0.05) is 215 Å². The van der Waals surface area contributed by atoms with E-state index in [0.29, 0.717) is 23.9 Å². The molecule has 0 saturated heterocycles. The number of hydrogen-bond donors (Lipinski definition) is 0. The van der Waals surface area contributed by atoms with E-state index in [2.05, 4.69) is 86.8 Å². The van der Waals surface area contributed by atoms with Gasteiger partial charge in [-0.2, -0.15) is 0 Å². The Balaban J connectivity index is 4.08. The standard InChI is InChI=1S/C58H101NO8/c1-6-8-10-12-14-16-17-18-19-20-21-22-23-24-25-26-27-28-29-30-31-32-33-34-35-36-37-38-39-41-43-45-47-49-56(61)67-54(53-66-58(57(62)63)64-51-50-59(3,4)5)52-65-55(60)48-46-44-42-40-15-13-11-9-7-2/h8,10,14,16,18-19,21-22,24-25,27-28,54,58H,6-7,9,11-13,15,17,20,23,26,29-53H2,1-5H3/b10-8-,16-14-,19-18-,22-21-,25-24-,28-27-. The maximum absolute atomic E-state index is 12.8. The van der Waals surface area contributed by atoms with Crippen molar-refractivity contribution in [1.29, 1.82) is 0 Å². The van der Waals surface area contributed by atoms with Crippen molar-refractivity contribution in [2.45, 2.75) is 232 Å². The third-order valence-electron chi connectivity index (χ3n) is 11.5. The lowest BCUT2D eigenvalue weighted by Crippen LogP contribution is -2.44. The highest BCUT2D eigenvalue weighted by atomic mass is 16.7. The van der Waals surface area contributed by atoms with E-state index in [4.69, 9.17) is 18.9 Å². The van der Waals surface area contributed by atoms with Crippen LogP contribution in [0.2, 0.25) is 0 Å². The number of carbonyl (C=O) groups is 3. The van der Waals surface area contributed by atoms with Crippen molar-refractivity contribution < 1.29 is 42.9 Å². The molecule has 9 nitrogen and oxygen atoms in total. The molecule has 9 heteroatoms. The molecule has 0 heterocycles. The Hall–Kier alpha value is -3.27. The number of esters is 2. The smallest absolute Gasteiger partial charge is 0.306 e. The number of carboxylic acids is 1. The number of allylic oxidation sites excluding steroid dienone is 12. The Kier molecular flexibility index (Phi) is 46.8. The average Bonchev–Trinajstić information content (AvgIpc) is 3.29. The molecule has 0 N–H and O–H groups in total. The zero-order valence-electron chi connectivity index (χ0n) is 43.8. The molecule has 0 bridgehead atoms. The van der Waals surface area contributed by atoms with E-state index < -0.39 is 24.3 Å². The number of carboxylic acid groups (broad SMARTS) is 1. The van der Waals surface area contributed by atoms with Gasteiger partial charge in [0.05, 0.1) is 40.3 Å². The summed E-state index contributed by atoms with van der Waals surface area (Å²) in [5.74, 6) is -2.29. The predicted molar refractivity (Wildman–Crippen MR) is 278 cm³/mol. The molecule has 0 amide bonds. The second kappa shape index (κ2) is 49.2. The van der Waals surface area contributed by atoms with Gasteiger partial charge in [0.15, 0.2) is 12.4 Å². The van der Waals surface area contributed by atoms with Crippen LogP contribution in [0.3, 0.4) is 0 Å². The van der Waals surface area contributed by atoms with Crippen LogP contribution >= 0.6 is 0 Å². The summed E-state index contributed by atoms with van der Waals surface area (Å²) in [5.41, 5.74) is 0. The summed E-state index contributed by atoms with van der Waals surface area (Å²) in [5, 5.41) is 11.7. The molecular weight excluding hydrogens is 839 g/mol. The monoisotopic (exact) mass is 940 g/mol. The first-order valence-electron chi connectivity index (χ1n) is 27.1. The maximum atomic E-state index is 12.8. The van der Waals surface area contributed by atoms with Crippen molar-refractivity contribution in [3.05, 3.63) is 72.9 Å². The minimum Gasteiger partial charge on any atom is -0.545 e. The largest absolute Gasteiger partial charge is 0.545 e. The molecule has 2 atom stereocenters. The molecule has 0 rings (SSSR count). The van der Waals surface area contributed by atoms with E-state index in [0.717, 1.165) is 77.0 Å². The van der Waals surface area contributed by atoms with Crippen LogP contribution in [0.15, 0.2) is 72.9 Å². The fraction of sp³-hybridized carbons (Fsp3) is 0.741. The maximum Gasteiger partial charge on any atom is 0.306 e. The lowest BCUT2D eigenvalue weighted by Gasteiger charge is -2.26. The number of ether oxygens (including phenoxy) is 4. The number of unbranched alkanes of at least 4 members (excludes halogenated alkanes) is 22. The second-order valence-corrected chi connectivity index (χ2v) is 19.1. The van der Waals surface area contributed by atoms with Crippen LogP contribution in [0.1, 0.15) is 219 Å². The van der Waals surface area contributed by atoms with Gasteiger partial charge in [-0.25, -0.2) is 0 Å². The number of rotatable bonds is 49. The van der Waals surface area contributed by atoms with Gasteiger partial charge in [0.25, 0.3) is 0 Å². The molecule has 67 heavy (non-hydrogen) atoms. The van der Waals surface area contributed by atoms with Crippen LogP contribution in [0.4, 0.5) is 0 Å². The molecule has 386 valence electrons. The van der Waals surface area contributed by atoms with Gasteiger partial charge < -0.3 is 33.3 Å². The van der Waals surface area contributed by atoms with Crippen LogP contribution in [0.25, 0.3) is 0 Å². The second-order valence-electron chi connectivity index (χ2n) is 19.1. The highest BCUT2D eigenvalue weighted by Crippen LogP contribution is 2.15. The number of carbonyl (C=O) groups excluding carboxylic acids is 3. The van der Waals surface area contributed by atoms with E-state index in [-0.39, 0.29) is 32.2 Å². The topological polar surface area (TPSA) is 111 Å². The quantitative estimate of drug-likeness (QED) is 0.0195. The Morgan fingerprint density at radius 3 is 1.27 bits per heavy atom.